The highest BCUT2D eigenvalue weighted by Crippen LogP contribution is 2.22. The minimum Gasteiger partial charge on any atom is -0.423 e. The van der Waals surface area contributed by atoms with Gasteiger partial charge < -0.3 is 20.5 Å². The zero-order chi connectivity index (χ0) is 19.0. The number of nitrogens with one attached hydrogen (secondary N) is 2. The van der Waals surface area contributed by atoms with Crippen molar-refractivity contribution in [3.63, 3.8) is 0 Å². The molecule has 6 heteroatoms. The van der Waals surface area contributed by atoms with E-state index in [9.17, 15) is 9.59 Å². The van der Waals surface area contributed by atoms with Crippen LogP contribution in [-0.4, -0.2) is 16.9 Å². The summed E-state index contributed by atoms with van der Waals surface area (Å²) in [6.07, 6.45) is 2.45. The number of aryl methyl sites for hydroxylation is 1. The van der Waals surface area contributed by atoms with E-state index in [0.717, 1.165) is 27.4 Å². The molecular formula is C21H20N3O3+. The lowest BCUT2D eigenvalue weighted by atomic mass is 10.0. The Morgan fingerprint density at radius 2 is 2.00 bits per heavy atom. The molecule has 27 heavy (non-hydrogen) atoms. The number of amides is 1. The van der Waals surface area contributed by atoms with Crippen LogP contribution in [0.25, 0.3) is 21.9 Å². The van der Waals surface area contributed by atoms with Crippen LogP contribution in [-0.2, 0) is 11.2 Å². The number of para-hydroxylation sites is 1. The third-order valence-corrected chi connectivity index (χ3v) is 4.73. The summed E-state index contributed by atoms with van der Waals surface area (Å²) < 4.78 is 5.23. The summed E-state index contributed by atoms with van der Waals surface area (Å²) in [7, 11) is 0. The van der Waals surface area contributed by atoms with Crippen LogP contribution in [0.1, 0.15) is 11.1 Å². The van der Waals surface area contributed by atoms with Crippen molar-refractivity contribution in [3.05, 3.63) is 76.3 Å². The lowest BCUT2D eigenvalue weighted by Crippen LogP contribution is -2.67. The van der Waals surface area contributed by atoms with E-state index in [1.54, 1.807) is 12.1 Å². The first-order valence-corrected chi connectivity index (χ1v) is 8.75. The summed E-state index contributed by atoms with van der Waals surface area (Å²) in [6, 6.07) is 14.3. The van der Waals surface area contributed by atoms with E-state index >= 15 is 0 Å². The molecule has 0 aliphatic rings. The molecule has 0 aliphatic heterocycles. The van der Waals surface area contributed by atoms with E-state index in [4.69, 9.17) is 4.42 Å². The average molecular weight is 362 g/mol. The fourth-order valence-corrected chi connectivity index (χ4v) is 3.31. The van der Waals surface area contributed by atoms with Crippen molar-refractivity contribution in [1.29, 1.82) is 0 Å². The Kier molecular flexibility index (Phi) is 4.25. The zero-order valence-electron chi connectivity index (χ0n) is 14.9. The second-order valence-electron chi connectivity index (χ2n) is 6.71. The molecule has 5 N–H and O–H groups in total. The predicted octanol–water partition coefficient (Wildman–Crippen LogP) is 2.37. The van der Waals surface area contributed by atoms with Crippen LogP contribution in [0.2, 0.25) is 0 Å². The van der Waals surface area contributed by atoms with Crippen LogP contribution in [0.5, 0.6) is 0 Å². The summed E-state index contributed by atoms with van der Waals surface area (Å²) in [4.78, 5) is 27.3. The maximum atomic E-state index is 12.6. The number of aromatic amines is 1. The molecule has 0 saturated carbocycles. The molecule has 1 atom stereocenters. The largest absolute Gasteiger partial charge is 0.423 e. The summed E-state index contributed by atoms with van der Waals surface area (Å²) in [6.45, 7) is 1.85. The second-order valence-corrected chi connectivity index (χ2v) is 6.71. The molecule has 0 aliphatic carbocycles. The highest BCUT2D eigenvalue weighted by molar-refractivity contribution is 5.96. The number of fused-ring (bicyclic) bond motifs is 2. The van der Waals surface area contributed by atoms with E-state index in [2.05, 4.69) is 16.0 Å². The Labute approximate surface area is 155 Å². The summed E-state index contributed by atoms with van der Waals surface area (Å²) >= 11 is 0. The molecule has 2 heterocycles. The number of hydrogen-bond acceptors (Lipinski definition) is 3. The van der Waals surface area contributed by atoms with Crippen molar-refractivity contribution < 1.29 is 14.9 Å². The molecule has 1 amide bonds. The van der Waals surface area contributed by atoms with Crippen molar-refractivity contribution in [1.82, 2.24) is 4.98 Å². The molecule has 136 valence electrons. The Hall–Kier alpha value is -3.38. The van der Waals surface area contributed by atoms with Gasteiger partial charge in [-0.3, -0.25) is 4.79 Å². The third-order valence-electron chi connectivity index (χ3n) is 4.73. The number of carbonyl (C=O) groups is 1. The van der Waals surface area contributed by atoms with Crippen molar-refractivity contribution in [2.24, 2.45) is 0 Å². The molecule has 0 saturated heterocycles. The van der Waals surface area contributed by atoms with Crippen molar-refractivity contribution in [3.8, 4) is 0 Å². The van der Waals surface area contributed by atoms with Crippen LogP contribution >= 0.6 is 0 Å². The van der Waals surface area contributed by atoms with Gasteiger partial charge >= 0.3 is 5.63 Å². The number of anilines is 1. The zero-order valence-corrected chi connectivity index (χ0v) is 14.9. The highest BCUT2D eigenvalue weighted by Gasteiger charge is 2.20. The van der Waals surface area contributed by atoms with Crippen molar-refractivity contribution >= 4 is 33.5 Å². The standard InChI is InChI=1S/C21H19N3O3/c1-12-8-20(25)27-19-10-14(6-7-15(12)19)24-21(26)17(22)9-13-11-23-18-5-3-2-4-16(13)18/h2-8,10-11,17,23H,9,22H2,1H3,(H,24,26)/p+1/t17-/m0/s1. The average Bonchev–Trinajstić information content (AvgIpc) is 3.04. The second kappa shape index (κ2) is 6.74. The molecule has 0 unspecified atom stereocenters. The normalized spacial score (nSPS) is 12.4. The van der Waals surface area contributed by atoms with E-state index in [-0.39, 0.29) is 5.91 Å². The first kappa shape index (κ1) is 17.1. The number of H-pyrrole nitrogens is 1. The maximum absolute atomic E-state index is 12.6. The van der Waals surface area contributed by atoms with Crippen LogP contribution in [0, 0.1) is 6.92 Å². The Morgan fingerprint density at radius 3 is 2.85 bits per heavy atom. The predicted molar refractivity (Wildman–Crippen MR) is 105 cm³/mol. The maximum Gasteiger partial charge on any atom is 0.336 e. The minimum atomic E-state index is -0.454. The van der Waals surface area contributed by atoms with Gasteiger partial charge in [0.05, 0.1) is 0 Å². The minimum absolute atomic E-state index is 0.186. The molecule has 6 nitrogen and oxygen atoms in total. The lowest BCUT2D eigenvalue weighted by Gasteiger charge is -2.10. The topological polar surface area (TPSA) is 103 Å². The quantitative estimate of drug-likeness (QED) is 0.486. The van der Waals surface area contributed by atoms with E-state index in [1.807, 2.05) is 43.5 Å². The van der Waals surface area contributed by atoms with Gasteiger partial charge in [0.15, 0.2) is 6.04 Å². The van der Waals surface area contributed by atoms with Gasteiger partial charge in [0, 0.05) is 46.7 Å². The molecule has 0 bridgehead atoms. The first-order chi connectivity index (χ1) is 13.0. The SMILES string of the molecule is Cc1cc(=O)oc2cc(NC(=O)[C@@H]([NH3+])Cc3c[nH]c4ccccc34)ccc12. The number of hydrogen-bond donors (Lipinski definition) is 3. The number of aromatic nitrogens is 1. The molecule has 0 spiro atoms. The fourth-order valence-electron chi connectivity index (χ4n) is 3.31. The van der Waals surface area contributed by atoms with Crippen LogP contribution in [0.15, 0.2) is 63.9 Å². The number of rotatable bonds is 4. The monoisotopic (exact) mass is 362 g/mol. The van der Waals surface area contributed by atoms with Gasteiger partial charge in [0.2, 0.25) is 0 Å². The number of carbonyl (C=O) groups excluding carboxylic acids is 1. The molecule has 0 radical (unpaired) electrons. The van der Waals surface area contributed by atoms with Crippen LogP contribution in [0.3, 0.4) is 0 Å². The molecule has 0 fully saturated rings. The summed E-state index contributed by atoms with van der Waals surface area (Å²) in [5.41, 5.74) is 7.57. The van der Waals surface area contributed by atoms with Gasteiger partial charge in [0.1, 0.15) is 5.58 Å². The van der Waals surface area contributed by atoms with Gasteiger partial charge in [-0.05, 0) is 36.2 Å². The fraction of sp³-hybridized carbons (Fsp3) is 0.143. The smallest absolute Gasteiger partial charge is 0.336 e. The summed E-state index contributed by atoms with van der Waals surface area (Å²) in [5, 5.41) is 4.80. The van der Waals surface area contributed by atoms with Gasteiger partial charge in [-0.1, -0.05) is 18.2 Å². The number of benzene rings is 2. The van der Waals surface area contributed by atoms with Gasteiger partial charge in [-0.15, -0.1) is 0 Å². The lowest BCUT2D eigenvalue weighted by molar-refractivity contribution is -0.402. The molecule has 2 aromatic carbocycles. The van der Waals surface area contributed by atoms with E-state index in [1.165, 1.54) is 6.07 Å². The number of quaternary nitrogens is 1. The molecular weight excluding hydrogens is 342 g/mol. The van der Waals surface area contributed by atoms with Gasteiger partial charge in [-0.25, -0.2) is 4.79 Å². The van der Waals surface area contributed by atoms with Gasteiger partial charge in [0.25, 0.3) is 5.91 Å². The molecule has 4 rings (SSSR count). The highest BCUT2D eigenvalue weighted by atomic mass is 16.4. The Bertz CT molecular complexity index is 1210. The Morgan fingerprint density at radius 1 is 1.19 bits per heavy atom. The third kappa shape index (κ3) is 3.35. The van der Waals surface area contributed by atoms with Crippen molar-refractivity contribution in [2.45, 2.75) is 19.4 Å². The van der Waals surface area contributed by atoms with E-state index in [0.29, 0.717) is 17.7 Å². The van der Waals surface area contributed by atoms with E-state index < -0.39 is 11.7 Å². The Balaban J connectivity index is 1.53. The molecule has 2 aromatic heterocycles. The summed E-state index contributed by atoms with van der Waals surface area (Å²) in [5.74, 6) is -0.186. The van der Waals surface area contributed by atoms with Crippen LogP contribution in [0.4, 0.5) is 5.69 Å². The van der Waals surface area contributed by atoms with Crippen molar-refractivity contribution in [2.75, 3.05) is 5.32 Å². The molecule has 4 aromatic rings. The van der Waals surface area contributed by atoms with Gasteiger partial charge in [-0.2, -0.15) is 0 Å². The first-order valence-electron chi connectivity index (χ1n) is 8.75. The van der Waals surface area contributed by atoms with Crippen LogP contribution < -0.4 is 16.7 Å².